The molecule has 0 aromatic carbocycles. The summed E-state index contributed by atoms with van der Waals surface area (Å²) in [5, 5.41) is 36.5. The predicted molar refractivity (Wildman–Crippen MR) is 62.7 cm³/mol. The molecule has 0 amide bonds. The summed E-state index contributed by atoms with van der Waals surface area (Å²) in [4.78, 5) is 44.9. The molecule has 0 aromatic rings. The average Bonchev–Trinajstić information content (AvgIpc) is 2.36. The monoisotopic (exact) mass is 287 g/mol. The Bertz CT molecular complexity index is 456. The molecule has 1 rings (SSSR count). The molecule has 4 atom stereocenters. The Morgan fingerprint density at radius 1 is 0.950 bits per heavy atom. The van der Waals surface area contributed by atoms with Gasteiger partial charge in [0.1, 0.15) is 0 Å². The van der Waals surface area contributed by atoms with Gasteiger partial charge < -0.3 is 20.4 Å². The normalized spacial score (nSPS) is 33.4. The van der Waals surface area contributed by atoms with Crippen molar-refractivity contribution in [3.8, 4) is 0 Å². The summed E-state index contributed by atoms with van der Waals surface area (Å²) in [6.07, 6.45) is -1.42. The lowest BCUT2D eigenvalue weighted by Gasteiger charge is -2.42. The smallest absolute Gasteiger partial charge is 0.310 e. The second-order valence-electron chi connectivity index (χ2n) is 4.93. The zero-order valence-corrected chi connectivity index (χ0v) is 10.5. The average molecular weight is 287 g/mol. The second-order valence-corrected chi connectivity index (χ2v) is 4.93. The predicted octanol–water partition coefficient (Wildman–Crippen LogP) is 0.178. The summed E-state index contributed by atoms with van der Waals surface area (Å²) in [6.45, 7) is 3.41. The molecule has 0 spiro atoms. The molecule has 0 bridgehead atoms. The topological polar surface area (TPSA) is 149 Å². The van der Waals surface area contributed by atoms with E-state index in [2.05, 4.69) is 6.92 Å². The molecule has 20 heavy (non-hydrogen) atoms. The number of carboxylic acids is 4. The van der Waals surface area contributed by atoms with Gasteiger partial charge in [-0.3, -0.25) is 19.2 Å². The van der Waals surface area contributed by atoms with E-state index < -0.39 is 59.9 Å². The SMILES string of the molecule is [CH2]CC1(C(=O)O)CC(C(=O)O)C(C(=O)O)CC1C(=O)O. The van der Waals surface area contributed by atoms with Crippen molar-refractivity contribution in [3.05, 3.63) is 6.92 Å². The summed E-state index contributed by atoms with van der Waals surface area (Å²) in [6, 6.07) is 0. The Morgan fingerprint density at radius 2 is 1.45 bits per heavy atom. The first-order valence-electron chi connectivity index (χ1n) is 5.88. The third kappa shape index (κ3) is 2.45. The highest BCUT2D eigenvalue weighted by Gasteiger charge is 2.57. The van der Waals surface area contributed by atoms with Crippen molar-refractivity contribution in [1.82, 2.24) is 0 Å². The van der Waals surface area contributed by atoms with Gasteiger partial charge in [0, 0.05) is 0 Å². The molecular formula is C12H15O8. The maximum Gasteiger partial charge on any atom is 0.310 e. The van der Waals surface area contributed by atoms with Crippen molar-refractivity contribution in [2.24, 2.45) is 23.2 Å². The minimum absolute atomic E-state index is 0.324. The van der Waals surface area contributed by atoms with Crippen molar-refractivity contribution >= 4 is 23.9 Å². The molecule has 0 aromatic heterocycles. The van der Waals surface area contributed by atoms with Gasteiger partial charge in [-0.2, -0.15) is 0 Å². The van der Waals surface area contributed by atoms with Gasteiger partial charge in [-0.1, -0.05) is 6.92 Å². The Labute approximate surface area is 114 Å². The van der Waals surface area contributed by atoms with Crippen LogP contribution >= 0.6 is 0 Å². The molecule has 8 heteroatoms. The molecule has 0 aliphatic heterocycles. The summed E-state index contributed by atoms with van der Waals surface area (Å²) in [5.74, 6) is -10.1. The summed E-state index contributed by atoms with van der Waals surface area (Å²) < 4.78 is 0. The Hall–Kier alpha value is -2.12. The molecule has 1 aliphatic carbocycles. The van der Waals surface area contributed by atoms with Crippen LogP contribution in [0.15, 0.2) is 0 Å². The van der Waals surface area contributed by atoms with Gasteiger partial charge in [0.05, 0.1) is 23.2 Å². The minimum Gasteiger partial charge on any atom is -0.481 e. The van der Waals surface area contributed by atoms with E-state index in [1.54, 1.807) is 0 Å². The maximum atomic E-state index is 11.4. The fourth-order valence-corrected chi connectivity index (χ4v) is 2.81. The van der Waals surface area contributed by atoms with Crippen LogP contribution in [0.1, 0.15) is 19.3 Å². The van der Waals surface area contributed by atoms with Gasteiger partial charge in [-0.05, 0) is 19.3 Å². The second kappa shape index (κ2) is 5.48. The molecule has 8 nitrogen and oxygen atoms in total. The van der Waals surface area contributed by atoms with E-state index in [1.807, 2.05) is 0 Å². The van der Waals surface area contributed by atoms with Crippen LogP contribution < -0.4 is 0 Å². The fourth-order valence-electron chi connectivity index (χ4n) is 2.81. The number of carboxylic acid groups (broad SMARTS) is 4. The van der Waals surface area contributed by atoms with Gasteiger partial charge in [-0.25, -0.2) is 0 Å². The molecule has 1 aliphatic rings. The van der Waals surface area contributed by atoms with Gasteiger partial charge in [0.15, 0.2) is 0 Å². The van der Waals surface area contributed by atoms with Gasteiger partial charge in [-0.15, -0.1) is 0 Å². The van der Waals surface area contributed by atoms with Gasteiger partial charge >= 0.3 is 23.9 Å². The molecule has 4 unspecified atom stereocenters. The number of carbonyl (C=O) groups is 4. The van der Waals surface area contributed by atoms with Crippen molar-refractivity contribution in [2.45, 2.75) is 19.3 Å². The van der Waals surface area contributed by atoms with Crippen LogP contribution in [0.4, 0.5) is 0 Å². The lowest BCUT2D eigenvalue weighted by atomic mass is 9.58. The minimum atomic E-state index is -1.86. The Kier molecular flexibility index (Phi) is 4.36. The fraction of sp³-hybridized carbons (Fsp3) is 0.583. The van der Waals surface area contributed by atoms with Crippen molar-refractivity contribution in [3.63, 3.8) is 0 Å². The van der Waals surface area contributed by atoms with Gasteiger partial charge in [0.25, 0.3) is 0 Å². The van der Waals surface area contributed by atoms with E-state index in [1.165, 1.54) is 0 Å². The van der Waals surface area contributed by atoms with Gasteiger partial charge in [0.2, 0.25) is 0 Å². The van der Waals surface area contributed by atoms with E-state index in [-0.39, 0.29) is 6.42 Å². The summed E-state index contributed by atoms with van der Waals surface area (Å²) >= 11 is 0. The highest BCUT2D eigenvalue weighted by Crippen LogP contribution is 2.49. The van der Waals surface area contributed by atoms with E-state index >= 15 is 0 Å². The first-order chi connectivity index (χ1) is 9.17. The zero-order valence-electron chi connectivity index (χ0n) is 10.5. The van der Waals surface area contributed by atoms with Crippen LogP contribution in [0.2, 0.25) is 0 Å². The summed E-state index contributed by atoms with van der Waals surface area (Å²) in [7, 11) is 0. The van der Waals surface area contributed by atoms with E-state index in [9.17, 15) is 24.3 Å². The van der Waals surface area contributed by atoms with Crippen LogP contribution in [-0.2, 0) is 19.2 Å². The third-order valence-corrected chi connectivity index (χ3v) is 4.03. The van der Waals surface area contributed by atoms with Crippen LogP contribution in [0.3, 0.4) is 0 Å². The number of hydrogen-bond acceptors (Lipinski definition) is 4. The lowest BCUT2D eigenvalue weighted by molar-refractivity contribution is -0.177. The number of aliphatic carboxylic acids is 4. The lowest BCUT2D eigenvalue weighted by Crippen LogP contribution is -2.52. The molecule has 1 radical (unpaired) electrons. The van der Waals surface area contributed by atoms with Crippen molar-refractivity contribution in [2.75, 3.05) is 0 Å². The number of hydrogen-bond donors (Lipinski definition) is 4. The van der Waals surface area contributed by atoms with E-state index in [0.29, 0.717) is 0 Å². The number of rotatable bonds is 5. The molecule has 1 fully saturated rings. The highest BCUT2D eigenvalue weighted by atomic mass is 16.4. The van der Waals surface area contributed by atoms with Crippen molar-refractivity contribution in [1.29, 1.82) is 0 Å². The Balaban J connectivity index is 3.31. The summed E-state index contributed by atoms with van der Waals surface area (Å²) in [5.41, 5.74) is -1.86. The van der Waals surface area contributed by atoms with Crippen molar-refractivity contribution < 1.29 is 39.6 Å². The largest absolute Gasteiger partial charge is 0.481 e. The molecular weight excluding hydrogens is 272 g/mol. The first kappa shape index (κ1) is 15.9. The molecule has 1 saturated carbocycles. The third-order valence-electron chi connectivity index (χ3n) is 4.03. The van der Waals surface area contributed by atoms with E-state index in [4.69, 9.17) is 15.3 Å². The molecule has 111 valence electrons. The highest BCUT2D eigenvalue weighted by molar-refractivity contribution is 5.88. The molecule has 0 heterocycles. The quantitative estimate of drug-likeness (QED) is 0.559. The van der Waals surface area contributed by atoms with Crippen LogP contribution in [0.5, 0.6) is 0 Å². The molecule has 0 saturated heterocycles. The Morgan fingerprint density at radius 3 is 1.75 bits per heavy atom. The first-order valence-corrected chi connectivity index (χ1v) is 5.88. The standard InChI is InChI=1S/C12H15O8/c1-2-12(11(19)20)4-6(9(15)16)5(8(13)14)3-7(12)10(17)18/h5-7H,1-4H2,(H,13,14)(H,15,16)(H,17,18)(H,19,20). The zero-order chi connectivity index (χ0) is 15.7. The molecule has 4 N–H and O–H groups in total. The van der Waals surface area contributed by atoms with Crippen LogP contribution in [0, 0.1) is 30.1 Å². The van der Waals surface area contributed by atoms with Crippen LogP contribution in [0.25, 0.3) is 0 Å². The van der Waals surface area contributed by atoms with Crippen LogP contribution in [-0.4, -0.2) is 44.3 Å². The van der Waals surface area contributed by atoms with E-state index in [0.717, 1.165) is 0 Å². The maximum absolute atomic E-state index is 11.4.